The molecule has 0 heterocycles. The van der Waals surface area contributed by atoms with E-state index in [1.54, 1.807) is 6.92 Å². The first kappa shape index (κ1) is 15.6. The van der Waals surface area contributed by atoms with E-state index in [0.717, 1.165) is 5.56 Å². The van der Waals surface area contributed by atoms with Crippen molar-refractivity contribution >= 4 is 11.8 Å². The van der Waals surface area contributed by atoms with E-state index in [2.05, 4.69) is 10.1 Å². The molecule has 1 amide bonds. The van der Waals surface area contributed by atoms with E-state index in [1.165, 1.54) is 14.0 Å². The van der Waals surface area contributed by atoms with Crippen molar-refractivity contribution in [2.75, 3.05) is 7.11 Å². The number of carbonyl (C=O) groups excluding carboxylic acids is 1. The first-order valence-electron chi connectivity index (χ1n) is 6.01. The van der Waals surface area contributed by atoms with Crippen molar-refractivity contribution in [2.24, 2.45) is 0 Å². The lowest BCUT2D eigenvalue weighted by atomic mass is 10.1. The molecule has 0 aliphatic heterocycles. The third kappa shape index (κ3) is 4.31. The molecule has 0 spiro atoms. The highest BCUT2D eigenvalue weighted by Crippen LogP contribution is 2.16. The summed E-state index contributed by atoms with van der Waals surface area (Å²) in [7, 11) is 1.23. The molecule has 1 aromatic rings. The van der Waals surface area contributed by atoms with Crippen molar-refractivity contribution in [1.82, 2.24) is 5.32 Å². The van der Waals surface area contributed by atoms with Gasteiger partial charge in [-0.15, -0.1) is 0 Å². The molecule has 0 aromatic heterocycles. The van der Waals surface area contributed by atoms with Crippen LogP contribution in [0.4, 0.5) is 4.79 Å². The molecule has 0 unspecified atom stereocenters. The van der Waals surface area contributed by atoms with Crippen LogP contribution in [0.1, 0.15) is 25.5 Å². The molecule has 0 radical (unpaired) electrons. The molecular formula is C14H18N2O4. The zero-order valence-corrected chi connectivity index (χ0v) is 11.6. The fraction of sp³-hybridized carbons (Fsp3) is 0.286. The predicted octanol–water partition coefficient (Wildman–Crippen LogP) is 2.89. The van der Waals surface area contributed by atoms with E-state index >= 15 is 0 Å². The van der Waals surface area contributed by atoms with Gasteiger partial charge in [0.15, 0.2) is 0 Å². The van der Waals surface area contributed by atoms with E-state index in [9.17, 15) is 9.90 Å². The molecule has 0 bridgehead atoms. The number of allylic oxidation sites excluding steroid dienone is 1. The Hall–Kier alpha value is -2.50. The molecule has 108 valence electrons. The fourth-order valence-corrected chi connectivity index (χ4v) is 1.49. The van der Waals surface area contributed by atoms with Crippen LogP contribution >= 0.6 is 0 Å². The monoisotopic (exact) mass is 278 g/mol. The summed E-state index contributed by atoms with van der Waals surface area (Å²) in [5.41, 5.74) is 0.669. The molecule has 1 aromatic carbocycles. The highest BCUT2D eigenvalue weighted by atomic mass is 16.6. The Labute approximate surface area is 117 Å². The summed E-state index contributed by atoms with van der Waals surface area (Å²) in [6, 6.07) is 9.23. The van der Waals surface area contributed by atoms with E-state index in [1.807, 2.05) is 30.3 Å². The van der Waals surface area contributed by atoms with Gasteiger partial charge in [0, 0.05) is 0 Å². The van der Waals surface area contributed by atoms with Crippen molar-refractivity contribution in [3.05, 3.63) is 47.5 Å². The van der Waals surface area contributed by atoms with Crippen LogP contribution in [0.25, 0.3) is 0 Å². The smallest absolute Gasteiger partial charge is 0.412 e. The summed E-state index contributed by atoms with van der Waals surface area (Å²) in [5.74, 6) is -0.540. The predicted molar refractivity (Wildman–Crippen MR) is 74.5 cm³/mol. The van der Waals surface area contributed by atoms with Crippen LogP contribution in [-0.2, 0) is 9.47 Å². The number of ether oxygens (including phenoxy) is 2. The minimum absolute atomic E-state index is 0.0475. The number of amides is 1. The molecule has 1 rings (SSSR count). The third-order valence-electron chi connectivity index (χ3n) is 2.56. The summed E-state index contributed by atoms with van der Waals surface area (Å²) in [5, 5.41) is 19.2. The van der Waals surface area contributed by atoms with Crippen LogP contribution in [-0.4, -0.2) is 24.0 Å². The number of benzene rings is 1. The Bertz CT molecular complexity index is 511. The minimum atomic E-state index is -0.772. The van der Waals surface area contributed by atoms with Gasteiger partial charge in [-0.3, -0.25) is 5.32 Å². The maximum atomic E-state index is 11.7. The quantitative estimate of drug-likeness (QED) is 0.570. The maximum absolute atomic E-state index is 11.7. The number of methoxy groups -OCH3 is 1. The normalized spacial score (nSPS) is 12.9. The van der Waals surface area contributed by atoms with E-state index < -0.39 is 18.1 Å². The number of nitrogens with one attached hydrogen (secondary N) is 2. The average Bonchev–Trinajstić information content (AvgIpc) is 2.44. The zero-order chi connectivity index (χ0) is 15.1. The molecule has 3 N–H and O–H groups in total. The van der Waals surface area contributed by atoms with Gasteiger partial charge in [0.1, 0.15) is 11.8 Å². The highest BCUT2D eigenvalue weighted by molar-refractivity contribution is 5.98. The van der Waals surface area contributed by atoms with Crippen molar-refractivity contribution in [3.8, 4) is 0 Å². The Morgan fingerprint density at radius 2 is 1.95 bits per heavy atom. The van der Waals surface area contributed by atoms with Crippen LogP contribution < -0.4 is 5.32 Å². The van der Waals surface area contributed by atoms with Crippen molar-refractivity contribution in [1.29, 1.82) is 5.41 Å². The molecule has 6 nitrogen and oxygen atoms in total. The lowest BCUT2D eigenvalue weighted by Gasteiger charge is -2.15. The molecule has 0 aliphatic rings. The second kappa shape index (κ2) is 7.18. The average molecular weight is 278 g/mol. The SMILES string of the molecule is CO/C(O)=C(\NC(=O)O[C@H](C)c1ccccc1)C(C)=N. The summed E-state index contributed by atoms with van der Waals surface area (Å²) in [6.07, 6.45) is -1.22. The van der Waals surface area contributed by atoms with Crippen LogP contribution in [0.15, 0.2) is 42.0 Å². The van der Waals surface area contributed by atoms with Gasteiger partial charge in [-0.1, -0.05) is 30.3 Å². The number of hydrogen-bond acceptors (Lipinski definition) is 5. The Balaban J connectivity index is 2.70. The summed E-state index contributed by atoms with van der Waals surface area (Å²) in [4.78, 5) is 11.7. The van der Waals surface area contributed by atoms with Gasteiger partial charge >= 0.3 is 12.0 Å². The minimum Gasteiger partial charge on any atom is -0.479 e. The standard InChI is InChI=1S/C14H18N2O4/c1-9(15)12(13(17)19-3)16-14(18)20-10(2)11-7-5-4-6-8-11/h4-8,10,15,17H,1-3H3,(H,16,18)/b13-12-,15-9?/t10-/m1/s1. The van der Waals surface area contributed by atoms with Gasteiger partial charge in [-0.05, 0) is 19.4 Å². The van der Waals surface area contributed by atoms with Gasteiger partial charge in [0.25, 0.3) is 0 Å². The van der Waals surface area contributed by atoms with Gasteiger partial charge in [-0.2, -0.15) is 0 Å². The van der Waals surface area contributed by atoms with Crippen LogP contribution in [0.3, 0.4) is 0 Å². The second-order valence-electron chi connectivity index (χ2n) is 4.09. The Kier molecular flexibility index (Phi) is 5.58. The molecule has 20 heavy (non-hydrogen) atoms. The molecule has 6 heteroatoms. The molecule has 0 aliphatic carbocycles. The van der Waals surface area contributed by atoms with Crippen molar-refractivity contribution in [3.63, 3.8) is 0 Å². The Morgan fingerprint density at radius 1 is 1.35 bits per heavy atom. The first-order valence-corrected chi connectivity index (χ1v) is 6.01. The number of rotatable bonds is 5. The fourth-order valence-electron chi connectivity index (χ4n) is 1.49. The summed E-state index contributed by atoms with van der Waals surface area (Å²) >= 11 is 0. The van der Waals surface area contributed by atoms with Crippen molar-refractivity contribution in [2.45, 2.75) is 20.0 Å². The second-order valence-corrected chi connectivity index (χ2v) is 4.09. The first-order chi connectivity index (χ1) is 9.45. The number of carbonyl (C=O) groups is 1. The van der Waals surface area contributed by atoms with Crippen molar-refractivity contribution < 1.29 is 19.4 Å². The number of aliphatic hydroxyl groups excluding tert-OH is 1. The van der Waals surface area contributed by atoms with Crippen LogP contribution in [0.5, 0.6) is 0 Å². The zero-order valence-electron chi connectivity index (χ0n) is 11.6. The highest BCUT2D eigenvalue weighted by Gasteiger charge is 2.16. The summed E-state index contributed by atoms with van der Waals surface area (Å²) in [6.45, 7) is 3.14. The van der Waals surface area contributed by atoms with E-state index in [4.69, 9.17) is 10.1 Å². The van der Waals surface area contributed by atoms with E-state index in [0.29, 0.717) is 0 Å². The topological polar surface area (TPSA) is 91.6 Å². The van der Waals surface area contributed by atoms with Gasteiger partial charge in [-0.25, -0.2) is 4.79 Å². The maximum Gasteiger partial charge on any atom is 0.412 e. The summed E-state index contributed by atoms with van der Waals surface area (Å²) < 4.78 is 9.75. The van der Waals surface area contributed by atoms with Crippen LogP contribution in [0.2, 0.25) is 0 Å². The Morgan fingerprint density at radius 3 is 2.45 bits per heavy atom. The lowest BCUT2D eigenvalue weighted by Crippen LogP contribution is -2.29. The molecule has 0 fully saturated rings. The number of aliphatic hydroxyl groups is 1. The molecule has 0 saturated heterocycles. The molecule has 1 atom stereocenters. The third-order valence-corrected chi connectivity index (χ3v) is 2.56. The lowest BCUT2D eigenvalue weighted by molar-refractivity contribution is 0.104. The number of hydrogen-bond donors (Lipinski definition) is 3. The van der Waals surface area contributed by atoms with E-state index in [-0.39, 0.29) is 11.4 Å². The number of alkyl carbamates (subject to hydrolysis) is 1. The molecular weight excluding hydrogens is 260 g/mol. The molecule has 0 saturated carbocycles. The van der Waals surface area contributed by atoms with Gasteiger partial charge in [0.05, 0.1) is 12.8 Å². The van der Waals surface area contributed by atoms with Gasteiger partial charge < -0.3 is 20.0 Å². The van der Waals surface area contributed by atoms with Crippen LogP contribution in [0, 0.1) is 5.41 Å². The van der Waals surface area contributed by atoms with Gasteiger partial charge in [0.2, 0.25) is 0 Å². The largest absolute Gasteiger partial charge is 0.479 e.